The van der Waals surface area contributed by atoms with Gasteiger partial charge in [0.25, 0.3) is 0 Å². The molecule has 0 saturated carbocycles. The maximum absolute atomic E-state index is 6.31. The van der Waals surface area contributed by atoms with Crippen molar-refractivity contribution in [2.24, 2.45) is 10.7 Å². The van der Waals surface area contributed by atoms with E-state index >= 15 is 0 Å². The van der Waals surface area contributed by atoms with Crippen LogP contribution in [0.1, 0.15) is 11.6 Å². The van der Waals surface area contributed by atoms with Crippen molar-refractivity contribution in [3.05, 3.63) is 59.1 Å². The lowest BCUT2D eigenvalue weighted by atomic mass is 10.0. The first-order valence-corrected chi connectivity index (χ1v) is 7.06. The van der Waals surface area contributed by atoms with E-state index in [0.717, 1.165) is 17.0 Å². The molecule has 3 rings (SSSR count). The van der Waals surface area contributed by atoms with Crippen LogP contribution in [0.3, 0.4) is 0 Å². The highest BCUT2D eigenvalue weighted by Gasteiger charge is 2.31. The molecule has 4 nitrogen and oxygen atoms in total. The standard InChI is InChI=1S/C16H16ClN3O/c1-21-15-9-5-2-6-11(15)14-10-19-16(18)20(14)13-8-4-3-7-12(13)17/h2-9,14H,10H2,1H3,(H2,18,19). The van der Waals surface area contributed by atoms with E-state index in [9.17, 15) is 0 Å². The number of halogens is 1. The molecule has 0 radical (unpaired) electrons. The molecule has 0 fully saturated rings. The first kappa shape index (κ1) is 13.8. The predicted molar refractivity (Wildman–Crippen MR) is 86.2 cm³/mol. The minimum atomic E-state index is -0.0129. The number of nitrogens with two attached hydrogens (primary N) is 1. The molecule has 2 aromatic rings. The average Bonchev–Trinajstić information content (AvgIpc) is 2.89. The molecule has 1 unspecified atom stereocenters. The molecule has 108 valence electrons. The number of rotatable bonds is 3. The van der Waals surface area contributed by atoms with E-state index in [4.69, 9.17) is 22.1 Å². The summed E-state index contributed by atoms with van der Waals surface area (Å²) in [4.78, 5) is 6.33. The van der Waals surface area contributed by atoms with Gasteiger partial charge in [-0.3, -0.25) is 4.99 Å². The van der Waals surface area contributed by atoms with Gasteiger partial charge in [0.05, 0.1) is 30.4 Å². The number of hydrogen-bond donors (Lipinski definition) is 1. The van der Waals surface area contributed by atoms with Crippen LogP contribution < -0.4 is 15.4 Å². The zero-order chi connectivity index (χ0) is 14.8. The van der Waals surface area contributed by atoms with Gasteiger partial charge in [0.2, 0.25) is 0 Å². The molecule has 1 heterocycles. The normalized spacial score (nSPS) is 17.7. The number of benzene rings is 2. The Morgan fingerprint density at radius 2 is 1.90 bits per heavy atom. The van der Waals surface area contributed by atoms with Crippen LogP contribution in [0, 0.1) is 0 Å². The van der Waals surface area contributed by atoms with Gasteiger partial charge in [-0.2, -0.15) is 0 Å². The number of methoxy groups -OCH3 is 1. The summed E-state index contributed by atoms with van der Waals surface area (Å²) < 4.78 is 5.46. The van der Waals surface area contributed by atoms with Crippen molar-refractivity contribution in [2.45, 2.75) is 6.04 Å². The molecule has 21 heavy (non-hydrogen) atoms. The maximum Gasteiger partial charge on any atom is 0.196 e. The van der Waals surface area contributed by atoms with Gasteiger partial charge in [0.15, 0.2) is 5.96 Å². The first-order chi connectivity index (χ1) is 10.2. The van der Waals surface area contributed by atoms with Crippen molar-refractivity contribution < 1.29 is 4.74 Å². The molecule has 0 amide bonds. The summed E-state index contributed by atoms with van der Waals surface area (Å²) in [5.41, 5.74) is 7.98. The van der Waals surface area contributed by atoms with Crippen LogP contribution in [-0.2, 0) is 0 Å². The SMILES string of the molecule is COc1ccccc1C1CN=C(N)N1c1ccccc1Cl. The van der Waals surface area contributed by atoms with Crippen LogP contribution >= 0.6 is 11.6 Å². The number of nitrogens with zero attached hydrogens (tertiary/aromatic N) is 2. The van der Waals surface area contributed by atoms with Crippen molar-refractivity contribution in [1.29, 1.82) is 0 Å². The number of anilines is 1. The van der Waals surface area contributed by atoms with Gasteiger partial charge in [-0.15, -0.1) is 0 Å². The zero-order valence-corrected chi connectivity index (χ0v) is 12.4. The fraction of sp³-hybridized carbons (Fsp3) is 0.188. The Hall–Kier alpha value is -2.20. The van der Waals surface area contributed by atoms with Crippen molar-refractivity contribution in [3.8, 4) is 5.75 Å². The summed E-state index contributed by atoms with van der Waals surface area (Å²) in [6.45, 7) is 0.581. The Bertz CT molecular complexity index is 687. The third-order valence-corrected chi connectivity index (χ3v) is 3.91. The topological polar surface area (TPSA) is 50.9 Å². The van der Waals surface area contributed by atoms with E-state index in [-0.39, 0.29) is 6.04 Å². The Kier molecular flexibility index (Phi) is 3.71. The highest BCUT2D eigenvalue weighted by Crippen LogP contribution is 2.38. The fourth-order valence-electron chi connectivity index (χ4n) is 2.62. The lowest BCUT2D eigenvalue weighted by molar-refractivity contribution is 0.406. The van der Waals surface area contributed by atoms with Gasteiger partial charge < -0.3 is 15.4 Å². The highest BCUT2D eigenvalue weighted by molar-refractivity contribution is 6.33. The lowest BCUT2D eigenvalue weighted by Gasteiger charge is -2.28. The van der Waals surface area contributed by atoms with Crippen molar-refractivity contribution in [3.63, 3.8) is 0 Å². The van der Waals surface area contributed by atoms with Crippen molar-refractivity contribution >= 4 is 23.2 Å². The number of para-hydroxylation sites is 2. The van der Waals surface area contributed by atoms with E-state index < -0.39 is 0 Å². The molecule has 1 aliphatic rings. The second kappa shape index (κ2) is 5.66. The Morgan fingerprint density at radius 1 is 1.19 bits per heavy atom. The molecule has 2 N–H and O–H groups in total. The maximum atomic E-state index is 6.31. The van der Waals surface area contributed by atoms with Crippen LogP contribution in [0.2, 0.25) is 5.02 Å². The number of ether oxygens (including phenoxy) is 1. The first-order valence-electron chi connectivity index (χ1n) is 6.69. The molecule has 0 aromatic heterocycles. The zero-order valence-electron chi connectivity index (χ0n) is 11.7. The molecule has 5 heteroatoms. The second-order valence-electron chi connectivity index (χ2n) is 4.78. The molecular weight excluding hydrogens is 286 g/mol. The Balaban J connectivity index is 2.06. The molecule has 1 aliphatic heterocycles. The third-order valence-electron chi connectivity index (χ3n) is 3.59. The van der Waals surface area contributed by atoms with Crippen molar-refractivity contribution in [1.82, 2.24) is 0 Å². The molecule has 1 atom stereocenters. The summed E-state index contributed by atoms with van der Waals surface area (Å²) in [5.74, 6) is 1.29. The minimum absolute atomic E-state index is 0.0129. The minimum Gasteiger partial charge on any atom is -0.496 e. The van der Waals surface area contributed by atoms with E-state index in [2.05, 4.69) is 4.99 Å². The van der Waals surface area contributed by atoms with Crippen LogP contribution in [0.4, 0.5) is 5.69 Å². The van der Waals surface area contributed by atoms with Crippen LogP contribution in [0.25, 0.3) is 0 Å². The van der Waals surface area contributed by atoms with Gasteiger partial charge in [0.1, 0.15) is 5.75 Å². The van der Waals surface area contributed by atoms with Gasteiger partial charge in [-0.25, -0.2) is 0 Å². The molecule has 0 saturated heterocycles. The molecular formula is C16H16ClN3O. The van der Waals surface area contributed by atoms with Gasteiger partial charge >= 0.3 is 0 Å². The van der Waals surface area contributed by atoms with Gasteiger partial charge in [0, 0.05) is 5.56 Å². The predicted octanol–water partition coefficient (Wildman–Crippen LogP) is 3.22. The summed E-state index contributed by atoms with van der Waals surface area (Å²) in [7, 11) is 1.66. The molecule has 0 bridgehead atoms. The number of hydrogen-bond acceptors (Lipinski definition) is 4. The van der Waals surface area contributed by atoms with E-state index in [1.165, 1.54) is 0 Å². The van der Waals surface area contributed by atoms with Crippen molar-refractivity contribution in [2.75, 3.05) is 18.6 Å². The van der Waals surface area contributed by atoms with Crippen LogP contribution in [-0.4, -0.2) is 19.6 Å². The molecule has 0 aliphatic carbocycles. The number of guanidine groups is 1. The summed E-state index contributed by atoms with van der Waals surface area (Å²) in [5, 5.41) is 0.650. The van der Waals surface area contributed by atoms with Crippen LogP contribution in [0.5, 0.6) is 5.75 Å². The molecule has 2 aromatic carbocycles. The summed E-state index contributed by atoms with van der Waals surface area (Å²) in [6, 6.07) is 15.5. The van der Waals surface area contributed by atoms with Gasteiger partial charge in [-0.05, 0) is 18.2 Å². The largest absolute Gasteiger partial charge is 0.496 e. The van der Waals surface area contributed by atoms with Crippen LogP contribution in [0.15, 0.2) is 53.5 Å². The quantitative estimate of drug-likeness (QED) is 0.947. The highest BCUT2D eigenvalue weighted by atomic mass is 35.5. The number of aliphatic imine (C=N–C) groups is 1. The van der Waals surface area contributed by atoms with E-state index in [0.29, 0.717) is 17.5 Å². The monoisotopic (exact) mass is 301 g/mol. The Morgan fingerprint density at radius 3 is 2.67 bits per heavy atom. The lowest BCUT2D eigenvalue weighted by Crippen LogP contribution is -2.36. The third kappa shape index (κ3) is 2.43. The fourth-order valence-corrected chi connectivity index (χ4v) is 2.84. The molecule has 0 spiro atoms. The summed E-state index contributed by atoms with van der Waals surface area (Å²) >= 11 is 6.31. The smallest absolute Gasteiger partial charge is 0.196 e. The Labute approximate surface area is 128 Å². The summed E-state index contributed by atoms with van der Waals surface area (Å²) in [6.07, 6.45) is 0. The van der Waals surface area contributed by atoms with E-state index in [1.54, 1.807) is 7.11 Å². The van der Waals surface area contributed by atoms with E-state index in [1.807, 2.05) is 53.4 Å². The van der Waals surface area contributed by atoms with Gasteiger partial charge in [-0.1, -0.05) is 41.9 Å². The average molecular weight is 302 g/mol. The second-order valence-corrected chi connectivity index (χ2v) is 5.19.